The molecule has 3 heteroatoms. The Morgan fingerprint density at radius 1 is 1.00 bits per heavy atom. The minimum atomic E-state index is 0.782. The Morgan fingerprint density at radius 3 is 2.67 bits per heavy atom. The number of halogens is 1. The van der Waals surface area contributed by atoms with Gasteiger partial charge in [0.1, 0.15) is 5.82 Å². The molecule has 0 aliphatic carbocycles. The highest BCUT2D eigenvalue weighted by molar-refractivity contribution is 6.30. The minimum absolute atomic E-state index is 0.782. The largest absolute Gasteiger partial charge is 0.304 e. The molecule has 3 rings (SSSR count). The topological polar surface area (TPSA) is 17.3 Å². The fourth-order valence-corrected chi connectivity index (χ4v) is 2.22. The van der Waals surface area contributed by atoms with E-state index in [1.54, 1.807) is 0 Å². The molecule has 0 saturated heterocycles. The quantitative estimate of drug-likeness (QED) is 0.697. The SMILES string of the molecule is Clc1ccc(CCc2ncc3ccccn23)cc1. The first-order valence-electron chi connectivity index (χ1n) is 5.98. The summed E-state index contributed by atoms with van der Waals surface area (Å²) in [6, 6.07) is 14.1. The van der Waals surface area contributed by atoms with Crippen LogP contribution < -0.4 is 0 Å². The van der Waals surface area contributed by atoms with E-state index >= 15 is 0 Å². The molecule has 0 unspecified atom stereocenters. The average Bonchev–Trinajstić information content (AvgIpc) is 2.82. The number of imidazole rings is 1. The van der Waals surface area contributed by atoms with E-state index < -0.39 is 0 Å². The average molecular weight is 257 g/mol. The van der Waals surface area contributed by atoms with Crippen molar-refractivity contribution < 1.29 is 0 Å². The number of fused-ring (bicyclic) bond motifs is 1. The lowest BCUT2D eigenvalue weighted by molar-refractivity contribution is 0.854. The van der Waals surface area contributed by atoms with Gasteiger partial charge in [0.2, 0.25) is 0 Å². The van der Waals surface area contributed by atoms with Crippen molar-refractivity contribution >= 4 is 17.1 Å². The van der Waals surface area contributed by atoms with E-state index in [2.05, 4.69) is 33.8 Å². The van der Waals surface area contributed by atoms with Crippen molar-refractivity contribution in [2.75, 3.05) is 0 Å². The van der Waals surface area contributed by atoms with Crippen LogP contribution in [0, 0.1) is 0 Å². The fourth-order valence-electron chi connectivity index (χ4n) is 2.09. The van der Waals surface area contributed by atoms with Gasteiger partial charge in [0.25, 0.3) is 0 Å². The third-order valence-electron chi connectivity index (χ3n) is 3.07. The highest BCUT2D eigenvalue weighted by Gasteiger charge is 2.03. The number of aryl methyl sites for hydroxylation is 2. The van der Waals surface area contributed by atoms with Gasteiger partial charge in [-0.25, -0.2) is 4.98 Å². The monoisotopic (exact) mass is 256 g/mol. The number of hydrogen-bond acceptors (Lipinski definition) is 1. The van der Waals surface area contributed by atoms with Crippen LogP contribution in [0.25, 0.3) is 5.52 Å². The standard InChI is InChI=1S/C15H13ClN2/c16-13-7-4-12(5-8-13)6-9-15-17-11-14-3-1-2-10-18(14)15/h1-5,7-8,10-11H,6,9H2. The van der Waals surface area contributed by atoms with E-state index in [-0.39, 0.29) is 0 Å². The third-order valence-corrected chi connectivity index (χ3v) is 3.32. The molecule has 2 aromatic heterocycles. The van der Waals surface area contributed by atoms with Crippen molar-refractivity contribution in [3.05, 3.63) is 71.3 Å². The number of nitrogens with zero attached hydrogens (tertiary/aromatic N) is 2. The fraction of sp³-hybridized carbons (Fsp3) is 0.133. The Kier molecular flexibility index (Phi) is 3.03. The van der Waals surface area contributed by atoms with Gasteiger partial charge in [0.15, 0.2) is 0 Å². The number of rotatable bonds is 3. The molecule has 0 atom stereocenters. The molecule has 90 valence electrons. The Hall–Kier alpha value is -1.80. The summed E-state index contributed by atoms with van der Waals surface area (Å²) in [5.41, 5.74) is 2.43. The van der Waals surface area contributed by atoms with Crippen LogP contribution in [0.3, 0.4) is 0 Å². The molecule has 0 radical (unpaired) electrons. The molecular weight excluding hydrogens is 244 g/mol. The van der Waals surface area contributed by atoms with Crippen LogP contribution in [0.2, 0.25) is 5.02 Å². The molecule has 18 heavy (non-hydrogen) atoms. The van der Waals surface area contributed by atoms with Crippen molar-refractivity contribution in [2.45, 2.75) is 12.8 Å². The number of aromatic nitrogens is 2. The van der Waals surface area contributed by atoms with Gasteiger partial charge in [-0.3, -0.25) is 0 Å². The molecule has 0 spiro atoms. The zero-order valence-corrected chi connectivity index (χ0v) is 10.6. The van der Waals surface area contributed by atoms with Gasteiger partial charge in [0, 0.05) is 17.6 Å². The van der Waals surface area contributed by atoms with Crippen molar-refractivity contribution in [2.24, 2.45) is 0 Å². The molecule has 2 nitrogen and oxygen atoms in total. The molecule has 0 N–H and O–H groups in total. The summed E-state index contributed by atoms with van der Waals surface area (Å²) in [5, 5.41) is 0.782. The number of benzene rings is 1. The Balaban J connectivity index is 1.79. The molecule has 0 saturated carbocycles. The minimum Gasteiger partial charge on any atom is -0.304 e. The van der Waals surface area contributed by atoms with E-state index in [9.17, 15) is 0 Å². The van der Waals surface area contributed by atoms with Crippen molar-refractivity contribution in [1.82, 2.24) is 9.38 Å². The first-order chi connectivity index (χ1) is 8.83. The van der Waals surface area contributed by atoms with Crippen molar-refractivity contribution in [3.63, 3.8) is 0 Å². The number of pyridine rings is 1. The molecule has 0 fully saturated rings. The van der Waals surface area contributed by atoms with Crippen LogP contribution in [0.4, 0.5) is 0 Å². The van der Waals surface area contributed by atoms with E-state index in [0.29, 0.717) is 0 Å². The summed E-state index contributed by atoms with van der Waals surface area (Å²) in [5.74, 6) is 1.10. The highest BCUT2D eigenvalue weighted by Crippen LogP contribution is 2.13. The van der Waals surface area contributed by atoms with E-state index in [1.165, 1.54) is 5.56 Å². The van der Waals surface area contributed by atoms with Gasteiger partial charge < -0.3 is 4.40 Å². The number of hydrogen-bond donors (Lipinski definition) is 0. The maximum absolute atomic E-state index is 5.87. The van der Waals surface area contributed by atoms with E-state index in [4.69, 9.17) is 11.6 Å². The molecule has 0 bridgehead atoms. The van der Waals surface area contributed by atoms with E-state index in [0.717, 1.165) is 29.2 Å². The summed E-state index contributed by atoms with van der Waals surface area (Å²) in [4.78, 5) is 4.46. The Bertz CT molecular complexity index is 656. The summed E-state index contributed by atoms with van der Waals surface area (Å²) < 4.78 is 2.13. The van der Waals surface area contributed by atoms with Gasteiger partial charge >= 0.3 is 0 Å². The highest BCUT2D eigenvalue weighted by atomic mass is 35.5. The van der Waals surface area contributed by atoms with Gasteiger partial charge in [-0.1, -0.05) is 29.8 Å². The summed E-state index contributed by atoms with van der Waals surface area (Å²) in [6.07, 6.45) is 5.88. The third kappa shape index (κ3) is 2.24. The van der Waals surface area contributed by atoms with Gasteiger partial charge in [-0.05, 0) is 36.2 Å². The second-order valence-corrected chi connectivity index (χ2v) is 4.73. The van der Waals surface area contributed by atoms with Gasteiger partial charge in [0.05, 0.1) is 11.7 Å². The van der Waals surface area contributed by atoms with E-state index in [1.807, 2.05) is 30.5 Å². The lowest BCUT2D eigenvalue weighted by Gasteiger charge is -2.02. The van der Waals surface area contributed by atoms with Gasteiger partial charge in [-0.2, -0.15) is 0 Å². The molecule has 1 aromatic carbocycles. The maximum atomic E-state index is 5.87. The van der Waals surface area contributed by atoms with Crippen LogP contribution in [0.5, 0.6) is 0 Å². The molecule has 2 heterocycles. The van der Waals surface area contributed by atoms with Crippen LogP contribution in [-0.4, -0.2) is 9.38 Å². The zero-order chi connectivity index (χ0) is 12.4. The summed E-state index contributed by atoms with van der Waals surface area (Å²) in [7, 11) is 0. The molecule has 0 amide bonds. The Labute approximate surface area is 111 Å². The lowest BCUT2D eigenvalue weighted by atomic mass is 10.1. The molecule has 0 aliphatic rings. The van der Waals surface area contributed by atoms with Crippen molar-refractivity contribution in [1.29, 1.82) is 0 Å². The van der Waals surface area contributed by atoms with Crippen LogP contribution in [-0.2, 0) is 12.8 Å². The molecule has 0 aliphatic heterocycles. The second-order valence-electron chi connectivity index (χ2n) is 4.30. The van der Waals surface area contributed by atoms with Crippen LogP contribution >= 0.6 is 11.6 Å². The van der Waals surface area contributed by atoms with Gasteiger partial charge in [-0.15, -0.1) is 0 Å². The lowest BCUT2D eigenvalue weighted by Crippen LogP contribution is -1.97. The molecular formula is C15H13ClN2. The Morgan fingerprint density at radius 2 is 1.83 bits per heavy atom. The summed E-state index contributed by atoms with van der Waals surface area (Å²) >= 11 is 5.87. The van der Waals surface area contributed by atoms with Crippen molar-refractivity contribution in [3.8, 4) is 0 Å². The molecule has 3 aromatic rings. The first-order valence-corrected chi connectivity index (χ1v) is 6.36. The van der Waals surface area contributed by atoms with Crippen LogP contribution in [0.15, 0.2) is 54.9 Å². The zero-order valence-electron chi connectivity index (χ0n) is 9.88. The predicted octanol–water partition coefficient (Wildman–Crippen LogP) is 3.77. The van der Waals surface area contributed by atoms with Crippen LogP contribution in [0.1, 0.15) is 11.4 Å². The second kappa shape index (κ2) is 4.83. The summed E-state index contributed by atoms with van der Waals surface area (Å²) in [6.45, 7) is 0. The predicted molar refractivity (Wildman–Crippen MR) is 74.1 cm³/mol. The smallest absolute Gasteiger partial charge is 0.113 e. The maximum Gasteiger partial charge on any atom is 0.113 e. The normalized spacial score (nSPS) is 10.9. The first kappa shape index (κ1) is 11.3.